The second-order valence-corrected chi connectivity index (χ2v) is 2.59. The molecule has 14 heavy (non-hydrogen) atoms. The van der Waals surface area contributed by atoms with Gasteiger partial charge >= 0.3 is 0 Å². The molecular formula is C11H11NO2. The van der Waals surface area contributed by atoms with Gasteiger partial charge in [0.25, 0.3) is 0 Å². The average molecular weight is 189 g/mol. The molecule has 1 aromatic heterocycles. The van der Waals surface area contributed by atoms with Crippen molar-refractivity contribution in [2.75, 3.05) is 7.11 Å². The molecule has 1 aromatic rings. The van der Waals surface area contributed by atoms with Crippen molar-refractivity contribution in [1.82, 2.24) is 4.98 Å². The van der Waals surface area contributed by atoms with Gasteiger partial charge in [-0.05, 0) is 12.1 Å². The Balaban J connectivity index is 3.41. The van der Waals surface area contributed by atoms with Crippen molar-refractivity contribution in [3.63, 3.8) is 0 Å². The summed E-state index contributed by atoms with van der Waals surface area (Å²) in [4.78, 5) is 14.8. The first kappa shape index (κ1) is 10.2. The molecule has 0 spiro atoms. The summed E-state index contributed by atoms with van der Waals surface area (Å²) in [5, 5.41) is 0. The number of hydrogen-bond acceptors (Lipinski definition) is 3. The Morgan fingerprint density at radius 2 is 2.07 bits per heavy atom. The van der Waals surface area contributed by atoms with Gasteiger partial charge in [-0.2, -0.15) is 0 Å². The van der Waals surface area contributed by atoms with Crippen molar-refractivity contribution in [3.05, 3.63) is 36.0 Å². The van der Waals surface area contributed by atoms with E-state index in [0.717, 1.165) is 5.56 Å². The van der Waals surface area contributed by atoms with Crippen LogP contribution in [0.1, 0.15) is 21.6 Å². The van der Waals surface area contributed by atoms with Crippen LogP contribution in [0.4, 0.5) is 0 Å². The molecule has 0 aromatic carbocycles. The minimum atomic E-state index is 0.306. The van der Waals surface area contributed by atoms with Crippen molar-refractivity contribution >= 4 is 18.4 Å². The number of aldehydes is 1. The third-order valence-electron chi connectivity index (χ3n) is 1.81. The van der Waals surface area contributed by atoms with E-state index in [1.807, 2.05) is 0 Å². The number of carbonyl (C=O) groups excluding carboxylic acids is 1. The molecule has 1 rings (SSSR count). The molecule has 0 atom stereocenters. The lowest BCUT2D eigenvalue weighted by atomic mass is 10.1. The Morgan fingerprint density at radius 3 is 2.50 bits per heavy atom. The molecule has 72 valence electrons. The Morgan fingerprint density at radius 1 is 1.36 bits per heavy atom. The van der Waals surface area contributed by atoms with Crippen LogP contribution in [0.15, 0.2) is 19.2 Å². The van der Waals surface area contributed by atoms with Crippen LogP contribution >= 0.6 is 0 Å². The summed E-state index contributed by atoms with van der Waals surface area (Å²) < 4.78 is 4.95. The number of carbonyl (C=O) groups is 1. The Kier molecular flexibility index (Phi) is 3.18. The normalized spacial score (nSPS) is 9.21. The molecule has 0 N–H and O–H groups in total. The fourth-order valence-corrected chi connectivity index (χ4v) is 1.12. The highest BCUT2D eigenvalue weighted by atomic mass is 16.5. The van der Waals surface area contributed by atoms with E-state index in [4.69, 9.17) is 4.74 Å². The lowest BCUT2D eigenvalue weighted by Crippen LogP contribution is -1.98. The monoisotopic (exact) mass is 189 g/mol. The van der Waals surface area contributed by atoms with Crippen LogP contribution in [-0.2, 0) is 0 Å². The zero-order valence-electron chi connectivity index (χ0n) is 7.99. The van der Waals surface area contributed by atoms with Crippen molar-refractivity contribution in [1.29, 1.82) is 0 Å². The lowest BCUT2D eigenvalue weighted by molar-refractivity contribution is 0.112. The molecule has 0 saturated carbocycles. The minimum Gasteiger partial charge on any atom is -0.480 e. The van der Waals surface area contributed by atoms with E-state index in [0.29, 0.717) is 23.4 Å². The summed E-state index contributed by atoms with van der Waals surface area (Å²) in [6.45, 7) is 7.24. The zero-order chi connectivity index (χ0) is 10.6. The number of hydrogen-bond donors (Lipinski definition) is 0. The number of methoxy groups -OCH3 is 1. The Labute approximate surface area is 82.7 Å². The maximum atomic E-state index is 10.7. The molecule has 0 saturated heterocycles. The molecule has 0 aliphatic heterocycles. The Bertz CT molecular complexity index is 383. The van der Waals surface area contributed by atoms with Gasteiger partial charge in [-0.3, -0.25) is 4.79 Å². The van der Waals surface area contributed by atoms with Gasteiger partial charge < -0.3 is 4.74 Å². The minimum absolute atomic E-state index is 0.306. The van der Waals surface area contributed by atoms with E-state index < -0.39 is 0 Å². The van der Waals surface area contributed by atoms with E-state index in [-0.39, 0.29) is 0 Å². The van der Waals surface area contributed by atoms with Crippen molar-refractivity contribution < 1.29 is 9.53 Å². The van der Waals surface area contributed by atoms with E-state index in [1.54, 1.807) is 18.2 Å². The van der Waals surface area contributed by atoms with Gasteiger partial charge in [0.05, 0.1) is 18.4 Å². The van der Waals surface area contributed by atoms with Crippen LogP contribution in [0, 0.1) is 0 Å². The molecule has 0 amide bonds. The molecule has 0 bridgehead atoms. The van der Waals surface area contributed by atoms with Crippen molar-refractivity contribution in [2.45, 2.75) is 0 Å². The number of rotatable bonds is 4. The fraction of sp³-hybridized carbons (Fsp3) is 0.0909. The van der Waals surface area contributed by atoms with Gasteiger partial charge in [0.15, 0.2) is 6.29 Å². The highest BCUT2D eigenvalue weighted by Crippen LogP contribution is 2.19. The van der Waals surface area contributed by atoms with Gasteiger partial charge in [-0.25, -0.2) is 4.98 Å². The van der Waals surface area contributed by atoms with Crippen LogP contribution in [0.5, 0.6) is 5.88 Å². The first-order valence-corrected chi connectivity index (χ1v) is 4.06. The van der Waals surface area contributed by atoms with Gasteiger partial charge in [-0.15, -0.1) is 0 Å². The number of ether oxygens (including phenoxy) is 1. The van der Waals surface area contributed by atoms with Crippen LogP contribution in [0.3, 0.4) is 0 Å². The average Bonchev–Trinajstić information content (AvgIpc) is 2.26. The first-order chi connectivity index (χ1) is 6.76. The summed E-state index contributed by atoms with van der Waals surface area (Å²) in [7, 11) is 1.47. The highest BCUT2D eigenvalue weighted by Gasteiger charge is 2.07. The molecule has 3 heteroatoms. The summed E-state index contributed by atoms with van der Waals surface area (Å²) in [5.41, 5.74) is 1.83. The van der Waals surface area contributed by atoms with E-state index >= 15 is 0 Å². The summed E-state index contributed by atoms with van der Waals surface area (Å²) in [5.74, 6) is 0.306. The SMILES string of the molecule is C=Cc1cc(C=O)c(OC)nc1C=C. The molecule has 1 heterocycles. The van der Waals surface area contributed by atoms with E-state index in [9.17, 15) is 4.79 Å². The van der Waals surface area contributed by atoms with Crippen LogP contribution in [0.2, 0.25) is 0 Å². The molecule has 0 unspecified atom stereocenters. The van der Waals surface area contributed by atoms with E-state index in [2.05, 4.69) is 18.1 Å². The highest BCUT2D eigenvalue weighted by molar-refractivity contribution is 5.81. The predicted octanol–water partition coefficient (Wildman–Crippen LogP) is 2.19. The lowest BCUT2D eigenvalue weighted by Gasteiger charge is -2.06. The Hall–Kier alpha value is -1.90. The first-order valence-electron chi connectivity index (χ1n) is 4.06. The third kappa shape index (κ3) is 1.71. The molecule has 0 aliphatic carbocycles. The molecular weight excluding hydrogens is 178 g/mol. The summed E-state index contributed by atoms with van der Waals surface area (Å²) in [6.07, 6.45) is 3.91. The van der Waals surface area contributed by atoms with Crippen molar-refractivity contribution in [3.8, 4) is 5.88 Å². The van der Waals surface area contributed by atoms with Crippen LogP contribution in [-0.4, -0.2) is 18.4 Å². The van der Waals surface area contributed by atoms with Gasteiger partial charge in [0.1, 0.15) is 0 Å². The maximum Gasteiger partial charge on any atom is 0.224 e. The van der Waals surface area contributed by atoms with Crippen LogP contribution in [0.25, 0.3) is 12.2 Å². The third-order valence-corrected chi connectivity index (χ3v) is 1.81. The largest absolute Gasteiger partial charge is 0.480 e. The molecule has 0 radical (unpaired) electrons. The number of pyridine rings is 1. The maximum absolute atomic E-state index is 10.7. The van der Waals surface area contributed by atoms with Gasteiger partial charge in [0, 0.05) is 5.56 Å². The standard InChI is InChI=1S/C11H11NO2/c1-4-8-6-9(7-13)11(14-3)12-10(8)5-2/h4-7H,1-2H2,3H3. The fourth-order valence-electron chi connectivity index (χ4n) is 1.12. The van der Waals surface area contributed by atoms with Crippen LogP contribution < -0.4 is 4.74 Å². The number of nitrogens with zero attached hydrogens (tertiary/aromatic N) is 1. The van der Waals surface area contributed by atoms with Crippen molar-refractivity contribution in [2.24, 2.45) is 0 Å². The van der Waals surface area contributed by atoms with E-state index in [1.165, 1.54) is 7.11 Å². The van der Waals surface area contributed by atoms with Gasteiger partial charge in [-0.1, -0.05) is 19.2 Å². The molecule has 0 aliphatic rings. The topological polar surface area (TPSA) is 39.2 Å². The zero-order valence-corrected chi connectivity index (χ0v) is 7.99. The quantitative estimate of drug-likeness (QED) is 0.681. The van der Waals surface area contributed by atoms with Gasteiger partial charge in [0.2, 0.25) is 5.88 Å². The summed E-state index contributed by atoms with van der Waals surface area (Å²) in [6, 6.07) is 1.67. The second kappa shape index (κ2) is 4.37. The predicted molar refractivity (Wildman–Crippen MR) is 56.4 cm³/mol. The smallest absolute Gasteiger partial charge is 0.224 e. The molecule has 3 nitrogen and oxygen atoms in total. The summed E-state index contributed by atoms with van der Waals surface area (Å²) >= 11 is 0. The second-order valence-electron chi connectivity index (χ2n) is 2.59. The number of aromatic nitrogens is 1. The molecule has 0 fully saturated rings.